The first-order valence-corrected chi connectivity index (χ1v) is 7.26. The molecule has 0 radical (unpaired) electrons. The zero-order valence-corrected chi connectivity index (χ0v) is 11.5. The quantitative estimate of drug-likeness (QED) is 0.698. The number of aromatic nitrogens is 2. The molecule has 0 aliphatic rings. The zero-order valence-electron chi connectivity index (χ0n) is 9.83. The lowest BCUT2D eigenvalue weighted by atomic mass is 10.1. The highest BCUT2D eigenvalue weighted by molar-refractivity contribution is 7.89. The first-order chi connectivity index (χ1) is 8.99. The number of benzene rings is 1. The van der Waals surface area contributed by atoms with Gasteiger partial charge in [0.25, 0.3) is 10.0 Å². The van der Waals surface area contributed by atoms with Crippen LogP contribution in [-0.4, -0.2) is 23.6 Å². The van der Waals surface area contributed by atoms with E-state index >= 15 is 0 Å². The number of thiocarbonyl (C=S) groups is 1. The molecule has 0 aliphatic heterocycles. The fraction of sp³-hybridized carbons (Fsp3) is 0.0909. The van der Waals surface area contributed by atoms with Crippen molar-refractivity contribution in [1.82, 2.24) is 14.9 Å². The molecule has 0 fully saturated rings. The Morgan fingerprint density at radius 3 is 2.84 bits per heavy atom. The molecule has 8 heteroatoms. The Hall–Kier alpha value is -1.77. The number of nitrogens with two attached hydrogens (primary N) is 1. The van der Waals surface area contributed by atoms with Gasteiger partial charge in [-0.15, -0.1) is 0 Å². The van der Waals surface area contributed by atoms with Gasteiger partial charge in [0.15, 0.2) is 5.03 Å². The molecule has 0 saturated heterocycles. The number of sulfonamides is 1. The summed E-state index contributed by atoms with van der Waals surface area (Å²) in [5.41, 5.74) is 7.00. The van der Waals surface area contributed by atoms with E-state index in [2.05, 4.69) is 14.9 Å². The van der Waals surface area contributed by atoms with Gasteiger partial charge >= 0.3 is 0 Å². The van der Waals surface area contributed by atoms with Crippen LogP contribution in [-0.2, 0) is 16.6 Å². The van der Waals surface area contributed by atoms with Crippen LogP contribution >= 0.6 is 12.2 Å². The number of rotatable bonds is 5. The van der Waals surface area contributed by atoms with E-state index in [0.29, 0.717) is 5.56 Å². The second kappa shape index (κ2) is 5.47. The van der Waals surface area contributed by atoms with Crippen molar-refractivity contribution in [2.24, 2.45) is 5.73 Å². The molecule has 100 valence electrons. The smallest absolute Gasteiger partial charge is 0.257 e. The molecule has 0 spiro atoms. The van der Waals surface area contributed by atoms with Crippen LogP contribution in [0, 0.1) is 0 Å². The van der Waals surface area contributed by atoms with Crippen molar-refractivity contribution < 1.29 is 8.42 Å². The molecule has 0 amide bonds. The first kappa shape index (κ1) is 13.7. The molecule has 0 saturated carbocycles. The molecule has 0 bridgehead atoms. The van der Waals surface area contributed by atoms with Gasteiger partial charge in [0, 0.05) is 12.1 Å². The summed E-state index contributed by atoms with van der Waals surface area (Å²) in [5.74, 6) is 0. The summed E-state index contributed by atoms with van der Waals surface area (Å²) in [6.07, 6.45) is 1.38. The van der Waals surface area contributed by atoms with Crippen LogP contribution in [0.2, 0.25) is 0 Å². The van der Waals surface area contributed by atoms with Crippen molar-refractivity contribution in [1.29, 1.82) is 0 Å². The third-order valence-electron chi connectivity index (χ3n) is 2.44. The van der Waals surface area contributed by atoms with E-state index in [-0.39, 0.29) is 16.6 Å². The van der Waals surface area contributed by atoms with Gasteiger partial charge in [-0.05, 0) is 17.7 Å². The van der Waals surface area contributed by atoms with Crippen molar-refractivity contribution in [3.8, 4) is 0 Å². The Labute approximate surface area is 116 Å². The van der Waals surface area contributed by atoms with E-state index in [1.165, 1.54) is 12.3 Å². The van der Waals surface area contributed by atoms with E-state index in [4.69, 9.17) is 18.0 Å². The summed E-state index contributed by atoms with van der Waals surface area (Å²) in [6.45, 7) is 0.151. The summed E-state index contributed by atoms with van der Waals surface area (Å²) in [6, 6.07) is 8.46. The Balaban J connectivity index is 2.11. The van der Waals surface area contributed by atoms with Crippen LogP contribution in [0.25, 0.3) is 0 Å². The first-order valence-electron chi connectivity index (χ1n) is 5.37. The van der Waals surface area contributed by atoms with E-state index in [0.717, 1.165) is 5.56 Å². The zero-order chi connectivity index (χ0) is 13.9. The van der Waals surface area contributed by atoms with Gasteiger partial charge in [0.05, 0.1) is 6.20 Å². The Morgan fingerprint density at radius 2 is 2.21 bits per heavy atom. The molecular formula is C11H12N4O2S2. The van der Waals surface area contributed by atoms with E-state index in [1.54, 1.807) is 24.3 Å². The van der Waals surface area contributed by atoms with Gasteiger partial charge in [-0.1, -0.05) is 30.4 Å². The molecule has 0 unspecified atom stereocenters. The second-order valence-electron chi connectivity index (χ2n) is 3.81. The molecule has 1 aromatic heterocycles. The van der Waals surface area contributed by atoms with Crippen LogP contribution in [0.1, 0.15) is 11.1 Å². The van der Waals surface area contributed by atoms with Crippen LogP contribution in [0.4, 0.5) is 0 Å². The summed E-state index contributed by atoms with van der Waals surface area (Å²) in [4.78, 5) is 0.276. The molecule has 19 heavy (non-hydrogen) atoms. The van der Waals surface area contributed by atoms with Crippen molar-refractivity contribution in [3.63, 3.8) is 0 Å². The summed E-state index contributed by atoms with van der Waals surface area (Å²) in [5, 5.41) is 6.03. The Kier molecular flexibility index (Phi) is 3.93. The minimum atomic E-state index is -3.58. The number of H-pyrrole nitrogens is 1. The molecule has 0 aliphatic carbocycles. The van der Waals surface area contributed by atoms with E-state index in [9.17, 15) is 8.42 Å². The lowest BCUT2D eigenvalue weighted by Gasteiger charge is -2.06. The molecule has 1 aromatic carbocycles. The predicted molar refractivity (Wildman–Crippen MR) is 74.9 cm³/mol. The molecule has 0 atom stereocenters. The summed E-state index contributed by atoms with van der Waals surface area (Å²) < 4.78 is 26.2. The molecule has 4 N–H and O–H groups in total. The van der Waals surface area contributed by atoms with Crippen molar-refractivity contribution >= 4 is 27.2 Å². The largest absolute Gasteiger partial charge is 0.389 e. The Morgan fingerprint density at radius 1 is 1.42 bits per heavy atom. The van der Waals surface area contributed by atoms with Gasteiger partial charge in [0.2, 0.25) is 0 Å². The van der Waals surface area contributed by atoms with Crippen LogP contribution in [0.15, 0.2) is 41.6 Å². The maximum atomic E-state index is 11.9. The van der Waals surface area contributed by atoms with Gasteiger partial charge < -0.3 is 5.73 Å². The monoisotopic (exact) mass is 296 g/mol. The van der Waals surface area contributed by atoms with Crippen LogP contribution in [0.5, 0.6) is 0 Å². The number of hydrogen-bond acceptors (Lipinski definition) is 4. The van der Waals surface area contributed by atoms with Crippen molar-refractivity contribution in [2.75, 3.05) is 0 Å². The third kappa shape index (κ3) is 3.37. The van der Waals surface area contributed by atoms with E-state index < -0.39 is 10.0 Å². The average Bonchev–Trinajstić information content (AvgIpc) is 2.91. The predicted octanol–water partition coefficient (Wildman–Crippen LogP) is 0.522. The van der Waals surface area contributed by atoms with Crippen molar-refractivity contribution in [3.05, 3.63) is 47.7 Å². The molecule has 1 heterocycles. The Bertz CT molecular complexity index is 680. The standard InChI is InChI=1S/C11H12N4O2S2/c12-11(18)9-3-1-2-8(6-9)7-14-19(16,17)10-4-5-13-15-10/h1-6,14H,7H2,(H2,12,18)(H,13,15). The number of hydrogen-bond donors (Lipinski definition) is 3. The highest BCUT2D eigenvalue weighted by atomic mass is 32.2. The summed E-state index contributed by atoms with van der Waals surface area (Å²) in [7, 11) is -3.58. The number of nitrogens with zero attached hydrogens (tertiary/aromatic N) is 1. The number of nitrogens with one attached hydrogen (secondary N) is 2. The lowest BCUT2D eigenvalue weighted by Crippen LogP contribution is -2.23. The third-order valence-corrected chi connectivity index (χ3v) is 4.01. The van der Waals surface area contributed by atoms with Crippen molar-refractivity contribution in [2.45, 2.75) is 11.6 Å². The van der Waals surface area contributed by atoms with Crippen LogP contribution < -0.4 is 10.5 Å². The molecule has 2 aromatic rings. The molecule has 6 nitrogen and oxygen atoms in total. The van der Waals surface area contributed by atoms with Gasteiger partial charge in [-0.3, -0.25) is 5.10 Å². The maximum absolute atomic E-state index is 11.9. The molecule has 2 rings (SSSR count). The van der Waals surface area contributed by atoms with Gasteiger partial charge in [-0.25, -0.2) is 13.1 Å². The maximum Gasteiger partial charge on any atom is 0.257 e. The number of aromatic amines is 1. The minimum absolute atomic E-state index is 0.0259. The van der Waals surface area contributed by atoms with Gasteiger partial charge in [0.1, 0.15) is 4.99 Å². The SMILES string of the molecule is NC(=S)c1cccc(CNS(=O)(=O)c2ccn[nH]2)c1. The topological polar surface area (TPSA) is 101 Å². The highest BCUT2D eigenvalue weighted by Gasteiger charge is 2.14. The fourth-order valence-corrected chi connectivity index (χ4v) is 2.54. The molecular weight excluding hydrogens is 284 g/mol. The van der Waals surface area contributed by atoms with E-state index in [1.807, 2.05) is 0 Å². The average molecular weight is 296 g/mol. The second-order valence-corrected chi connectivity index (χ2v) is 5.99. The van der Waals surface area contributed by atoms with Crippen LogP contribution in [0.3, 0.4) is 0 Å². The normalized spacial score (nSPS) is 11.4. The summed E-state index contributed by atoms with van der Waals surface area (Å²) >= 11 is 4.87. The fourth-order valence-electron chi connectivity index (χ4n) is 1.48. The lowest BCUT2D eigenvalue weighted by molar-refractivity contribution is 0.577. The minimum Gasteiger partial charge on any atom is -0.389 e. The highest BCUT2D eigenvalue weighted by Crippen LogP contribution is 2.08. The van der Waals surface area contributed by atoms with Gasteiger partial charge in [-0.2, -0.15) is 5.10 Å².